The highest BCUT2D eigenvalue weighted by Crippen LogP contribution is 2.27. The maximum Gasteiger partial charge on any atom is 0.408 e. The van der Waals surface area contributed by atoms with E-state index in [-0.39, 0.29) is 17.7 Å². The minimum Gasteiger partial charge on any atom is -0.444 e. The second kappa shape index (κ2) is 17.2. The summed E-state index contributed by atoms with van der Waals surface area (Å²) in [6, 6.07) is 4.35. The van der Waals surface area contributed by atoms with Crippen molar-refractivity contribution in [1.29, 1.82) is 0 Å². The Kier molecular flexibility index (Phi) is 15.2. The normalized spacial score (nSPS) is 13.1. The predicted molar refractivity (Wildman–Crippen MR) is 160 cm³/mol. The van der Waals surface area contributed by atoms with E-state index in [4.69, 9.17) is 4.74 Å². The van der Waals surface area contributed by atoms with Gasteiger partial charge in [-0.25, -0.2) is 4.79 Å². The molecule has 2 atom stereocenters. The lowest BCUT2D eigenvalue weighted by Gasteiger charge is -2.36. The molecular formula is C32H55N3O4. The van der Waals surface area contributed by atoms with Gasteiger partial charge >= 0.3 is 6.09 Å². The first-order chi connectivity index (χ1) is 18.3. The largest absolute Gasteiger partial charge is 0.444 e. The first kappa shape index (κ1) is 34.5. The summed E-state index contributed by atoms with van der Waals surface area (Å²) in [6.07, 6.45) is 7.59. The molecule has 0 saturated carbocycles. The fourth-order valence-corrected chi connectivity index (χ4v) is 4.45. The number of aryl methyl sites for hydroxylation is 2. The third-order valence-electron chi connectivity index (χ3n) is 6.88. The van der Waals surface area contributed by atoms with E-state index >= 15 is 0 Å². The first-order valence-corrected chi connectivity index (χ1v) is 15.0. The lowest BCUT2D eigenvalue weighted by Crippen LogP contribution is -2.55. The number of unbranched alkanes of at least 4 members (excludes halogenated alkanes) is 6. The van der Waals surface area contributed by atoms with Crippen LogP contribution in [0.1, 0.15) is 123 Å². The first-order valence-electron chi connectivity index (χ1n) is 15.0. The number of ether oxygens (including phenoxy) is 1. The van der Waals surface area contributed by atoms with Gasteiger partial charge in [0.2, 0.25) is 11.8 Å². The second-order valence-electron chi connectivity index (χ2n) is 12.1. The summed E-state index contributed by atoms with van der Waals surface area (Å²) in [5.41, 5.74) is 2.29. The van der Waals surface area contributed by atoms with E-state index in [9.17, 15) is 14.4 Å². The van der Waals surface area contributed by atoms with Gasteiger partial charge in [-0.1, -0.05) is 84.4 Å². The highest BCUT2D eigenvalue weighted by atomic mass is 16.6. The van der Waals surface area contributed by atoms with Gasteiger partial charge in [-0.05, 0) is 70.1 Å². The van der Waals surface area contributed by atoms with E-state index < -0.39 is 23.8 Å². The fraction of sp³-hybridized carbons (Fsp3) is 0.719. The van der Waals surface area contributed by atoms with Crippen molar-refractivity contribution in [2.75, 3.05) is 13.1 Å². The summed E-state index contributed by atoms with van der Waals surface area (Å²) >= 11 is 0. The van der Waals surface area contributed by atoms with E-state index in [0.29, 0.717) is 13.1 Å². The van der Waals surface area contributed by atoms with Crippen molar-refractivity contribution in [3.05, 3.63) is 34.9 Å². The van der Waals surface area contributed by atoms with E-state index in [1.807, 2.05) is 45.9 Å². The van der Waals surface area contributed by atoms with Gasteiger partial charge in [0, 0.05) is 13.1 Å². The number of hydrogen-bond acceptors (Lipinski definition) is 4. The zero-order valence-electron chi connectivity index (χ0n) is 26.1. The molecule has 2 N–H and O–H groups in total. The molecular weight excluding hydrogens is 490 g/mol. The molecule has 3 amide bonds. The lowest BCUT2D eigenvalue weighted by molar-refractivity contribution is -0.143. The Balaban J connectivity index is 3.43. The minimum absolute atomic E-state index is 0.189. The van der Waals surface area contributed by atoms with Crippen molar-refractivity contribution in [1.82, 2.24) is 15.5 Å². The average molecular weight is 546 g/mol. The molecule has 39 heavy (non-hydrogen) atoms. The van der Waals surface area contributed by atoms with Crippen LogP contribution in [-0.4, -0.2) is 47.5 Å². The van der Waals surface area contributed by atoms with Crippen LogP contribution < -0.4 is 10.6 Å². The van der Waals surface area contributed by atoms with Crippen LogP contribution in [0.4, 0.5) is 4.79 Å². The lowest BCUT2D eigenvalue weighted by atomic mass is 9.96. The summed E-state index contributed by atoms with van der Waals surface area (Å²) in [7, 11) is 0. The number of rotatable bonds is 16. The number of hydrogen-bond donors (Lipinski definition) is 2. The number of carbonyl (C=O) groups excluding carboxylic acids is 3. The van der Waals surface area contributed by atoms with E-state index in [1.165, 1.54) is 12.8 Å². The molecule has 0 aliphatic carbocycles. The van der Waals surface area contributed by atoms with Gasteiger partial charge in [-0.3, -0.25) is 9.59 Å². The molecule has 0 fully saturated rings. The molecule has 0 bridgehead atoms. The van der Waals surface area contributed by atoms with Gasteiger partial charge in [0.15, 0.2) is 0 Å². The highest BCUT2D eigenvalue weighted by Gasteiger charge is 2.37. The molecule has 2 unspecified atom stereocenters. The van der Waals surface area contributed by atoms with Crippen LogP contribution in [0.15, 0.2) is 18.2 Å². The molecule has 0 spiro atoms. The molecule has 0 radical (unpaired) electrons. The highest BCUT2D eigenvalue weighted by molar-refractivity contribution is 5.92. The topological polar surface area (TPSA) is 87.7 Å². The van der Waals surface area contributed by atoms with Crippen molar-refractivity contribution in [2.24, 2.45) is 5.92 Å². The Labute approximate surface area is 237 Å². The van der Waals surface area contributed by atoms with Crippen LogP contribution in [0.2, 0.25) is 0 Å². The monoisotopic (exact) mass is 545 g/mol. The Morgan fingerprint density at radius 1 is 0.897 bits per heavy atom. The van der Waals surface area contributed by atoms with Crippen molar-refractivity contribution in [2.45, 2.75) is 131 Å². The number of alkyl carbamates (subject to hydrolysis) is 1. The number of nitrogens with one attached hydrogen (secondary N) is 2. The van der Waals surface area contributed by atoms with E-state index in [1.54, 1.807) is 25.7 Å². The number of nitrogens with zero attached hydrogens (tertiary/aromatic N) is 1. The van der Waals surface area contributed by atoms with E-state index in [0.717, 1.165) is 55.2 Å². The van der Waals surface area contributed by atoms with Crippen LogP contribution >= 0.6 is 0 Å². The molecule has 0 aliphatic rings. The molecule has 0 saturated heterocycles. The quantitative estimate of drug-likeness (QED) is 0.219. The summed E-state index contributed by atoms with van der Waals surface area (Å²) in [6.45, 7) is 18.5. The van der Waals surface area contributed by atoms with Gasteiger partial charge in [-0.2, -0.15) is 0 Å². The van der Waals surface area contributed by atoms with Gasteiger partial charge in [-0.15, -0.1) is 0 Å². The van der Waals surface area contributed by atoms with Crippen molar-refractivity contribution in [3.8, 4) is 0 Å². The molecule has 0 aliphatic heterocycles. The van der Waals surface area contributed by atoms with Gasteiger partial charge in [0.05, 0.1) is 0 Å². The fourth-order valence-electron chi connectivity index (χ4n) is 4.45. The Morgan fingerprint density at radius 2 is 1.51 bits per heavy atom. The maximum atomic E-state index is 14.2. The minimum atomic E-state index is -0.822. The molecule has 222 valence electrons. The second-order valence-corrected chi connectivity index (χ2v) is 12.1. The molecule has 1 aromatic rings. The average Bonchev–Trinajstić information content (AvgIpc) is 2.84. The number of benzene rings is 1. The van der Waals surface area contributed by atoms with Crippen molar-refractivity contribution < 1.29 is 19.1 Å². The molecule has 1 aromatic carbocycles. The van der Waals surface area contributed by atoms with Crippen LogP contribution in [0.25, 0.3) is 0 Å². The van der Waals surface area contributed by atoms with Crippen LogP contribution in [0.5, 0.6) is 0 Å². The van der Waals surface area contributed by atoms with Crippen LogP contribution in [-0.2, 0) is 14.3 Å². The third kappa shape index (κ3) is 12.4. The third-order valence-corrected chi connectivity index (χ3v) is 6.88. The molecule has 7 nitrogen and oxygen atoms in total. The van der Waals surface area contributed by atoms with Gasteiger partial charge in [0.1, 0.15) is 17.7 Å². The zero-order chi connectivity index (χ0) is 29.6. The maximum absolute atomic E-state index is 14.2. The standard InChI is InChI=1S/C32H55N3O4/c1-10-12-14-15-16-17-21-35(30(37)27(23(3)4)34-31(38)39-32(7,8)9)28(29(36)33-20-13-11-2)26-19-18-24(5)25(6)22-26/h18-19,22-23,27-28H,10-17,20-21H2,1-9H3,(H,33,36)(H,34,38). The Bertz CT molecular complexity index is 907. The zero-order valence-corrected chi connectivity index (χ0v) is 26.1. The van der Waals surface area contributed by atoms with Gasteiger partial charge < -0.3 is 20.3 Å². The van der Waals surface area contributed by atoms with Gasteiger partial charge in [0.25, 0.3) is 0 Å². The Morgan fingerprint density at radius 3 is 2.08 bits per heavy atom. The summed E-state index contributed by atoms with van der Waals surface area (Å²) < 4.78 is 5.47. The van der Waals surface area contributed by atoms with Crippen LogP contribution in [0.3, 0.4) is 0 Å². The summed E-state index contributed by atoms with van der Waals surface area (Å²) in [5, 5.41) is 5.87. The van der Waals surface area contributed by atoms with Crippen molar-refractivity contribution in [3.63, 3.8) is 0 Å². The molecule has 1 rings (SSSR count). The molecule has 0 aromatic heterocycles. The number of amides is 3. The van der Waals surface area contributed by atoms with Crippen molar-refractivity contribution >= 4 is 17.9 Å². The van der Waals surface area contributed by atoms with Crippen LogP contribution in [0, 0.1) is 19.8 Å². The molecule has 7 heteroatoms. The summed E-state index contributed by atoms with van der Waals surface area (Å²) in [4.78, 5) is 42.3. The predicted octanol–water partition coefficient (Wildman–Crippen LogP) is 7.00. The smallest absolute Gasteiger partial charge is 0.408 e. The number of carbonyl (C=O) groups is 3. The summed E-state index contributed by atoms with van der Waals surface area (Å²) in [5.74, 6) is -0.648. The Hall–Kier alpha value is -2.57. The molecule has 0 heterocycles. The van der Waals surface area contributed by atoms with E-state index in [2.05, 4.69) is 24.5 Å². The SMILES string of the molecule is CCCCCCCCN(C(=O)C(NC(=O)OC(C)(C)C)C(C)C)C(C(=O)NCCCC)c1ccc(C)c(C)c1.